The molecule has 0 fully saturated rings. The largest absolute Gasteiger partial charge is 0.872 e. The van der Waals surface area contributed by atoms with E-state index in [4.69, 9.17) is 0 Å². The van der Waals surface area contributed by atoms with Crippen molar-refractivity contribution in [3.8, 4) is 0 Å². The lowest BCUT2D eigenvalue weighted by atomic mass is 9.82. The van der Waals surface area contributed by atoms with Crippen molar-refractivity contribution in [2.24, 2.45) is 0 Å². The standard InChI is InChI=1S/C14H5F11O2/c15-6-3-1-2-4(10(26)5(3)7(16)9(18)8(6)17)11(27)12(19,13(20,21)22)14(23,24)25/h26H,1-2H2/p-1. The number of alkyl halides is 7. The summed E-state index contributed by atoms with van der Waals surface area (Å²) in [7, 11) is 0. The van der Waals surface area contributed by atoms with E-state index >= 15 is 0 Å². The fourth-order valence-corrected chi connectivity index (χ4v) is 2.51. The normalized spacial score (nSPS) is 15.8. The minimum Gasteiger partial charge on any atom is -0.872 e. The van der Waals surface area contributed by atoms with Crippen molar-refractivity contribution in [1.82, 2.24) is 0 Å². The molecule has 27 heavy (non-hydrogen) atoms. The maximum Gasteiger partial charge on any atom is 0.439 e. The molecule has 1 aromatic carbocycles. The number of fused-ring (bicyclic) bond motifs is 1. The number of carbonyl (C=O) groups excluding carboxylic acids is 1. The van der Waals surface area contributed by atoms with Crippen LogP contribution in [-0.2, 0) is 11.2 Å². The Bertz CT molecular complexity index is 834. The van der Waals surface area contributed by atoms with Gasteiger partial charge in [-0.25, -0.2) is 22.0 Å². The zero-order chi connectivity index (χ0) is 21.1. The third-order valence-corrected chi connectivity index (χ3v) is 3.86. The molecule has 1 aromatic rings. The van der Waals surface area contributed by atoms with Gasteiger partial charge in [0.15, 0.2) is 23.3 Å². The Morgan fingerprint density at radius 2 is 1.19 bits per heavy atom. The summed E-state index contributed by atoms with van der Waals surface area (Å²) < 4.78 is 143. The van der Waals surface area contributed by atoms with Crippen LogP contribution in [-0.4, -0.2) is 23.8 Å². The van der Waals surface area contributed by atoms with Gasteiger partial charge in [-0.1, -0.05) is 5.76 Å². The molecule has 1 aliphatic carbocycles. The topological polar surface area (TPSA) is 40.1 Å². The van der Waals surface area contributed by atoms with Crippen LogP contribution in [0.1, 0.15) is 17.5 Å². The Morgan fingerprint density at radius 1 is 0.741 bits per heavy atom. The molecule has 0 bridgehead atoms. The molecule has 0 saturated heterocycles. The van der Waals surface area contributed by atoms with Crippen molar-refractivity contribution in [1.29, 1.82) is 0 Å². The first kappa shape index (κ1) is 21.0. The van der Waals surface area contributed by atoms with E-state index < -0.39 is 82.4 Å². The minimum atomic E-state index is -6.84. The Labute approximate surface area is 141 Å². The summed E-state index contributed by atoms with van der Waals surface area (Å²) in [5, 5.41) is 11.9. The maximum atomic E-state index is 13.8. The van der Waals surface area contributed by atoms with Crippen LogP contribution in [0.5, 0.6) is 0 Å². The van der Waals surface area contributed by atoms with Crippen LogP contribution >= 0.6 is 0 Å². The quantitative estimate of drug-likeness (QED) is 0.422. The van der Waals surface area contributed by atoms with E-state index in [2.05, 4.69) is 0 Å². The fourth-order valence-electron chi connectivity index (χ4n) is 2.51. The number of benzene rings is 1. The zero-order valence-electron chi connectivity index (χ0n) is 12.4. The lowest BCUT2D eigenvalue weighted by molar-refractivity contribution is -0.324. The van der Waals surface area contributed by atoms with Crippen LogP contribution < -0.4 is 5.11 Å². The van der Waals surface area contributed by atoms with Gasteiger partial charge in [-0.05, 0) is 18.4 Å². The second-order valence-electron chi connectivity index (χ2n) is 5.40. The number of allylic oxidation sites excluding steroid dienone is 1. The van der Waals surface area contributed by atoms with E-state index in [1.807, 2.05) is 0 Å². The molecule has 1 aliphatic rings. The molecule has 0 aromatic heterocycles. The van der Waals surface area contributed by atoms with Gasteiger partial charge in [-0.15, -0.1) is 0 Å². The first-order chi connectivity index (χ1) is 12.1. The van der Waals surface area contributed by atoms with Crippen LogP contribution in [0, 0.1) is 23.3 Å². The SMILES string of the molecule is O=C(C1=C([O-])c2c(F)c(F)c(F)c(F)c2CC1)C(F)(C(F)(F)F)C(F)(F)F. The maximum absolute atomic E-state index is 13.8. The summed E-state index contributed by atoms with van der Waals surface area (Å²) in [6.45, 7) is 0. The van der Waals surface area contributed by atoms with Crippen LogP contribution in [0.2, 0.25) is 0 Å². The molecule has 0 radical (unpaired) electrons. The zero-order valence-corrected chi connectivity index (χ0v) is 12.4. The molecule has 0 atom stereocenters. The number of halogens is 11. The van der Waals surface area contributed by atoms with Crippen molar-refractivity contribution < 1.29 is 58.2 Å². The number of carbonyl (C=O) groups is 1. The van der Waals surface area contributed by atoms with E-state index in [0.717, 1.165) is 0 Å². The highest BCUT2D eigenvalue weighted by Gasteiger charge is 2.77. The molecule has 0 aliphatic heterocycles. The van der Waals surface area contributed by atoms with Gasteiger partial charge in [0.05, 0.1) is 0 Å². The van der Waals surface area contributed by atoms with Gasteiger partial charge in [0.1, 0.15) is 0 Å². The van der Waals surface area contributed by atoms with E-state index in [0.29, 0.717) is 0 Å². The average Bonchev–Trinajstić information content (AvgIpc) is 2.54. The summed E-state index contributed by atoms with van der Waals surface area (Å²) >= 11 is 0. The lowest BCUT2D eigenvalue weighted by Gasteiger charge is -2.33. The van der Waals surface area contributed by atoms with Crippen molar-refractivity contribution in [3.05, 3.63) is 40.0 Å². The molecule has 0 saturated carbocycles. The molecule has 150 valence electrons. The number of ketones is 1. The van der Waals surface area contributed by atoms with Crippen LogP contribution in [0.25, 0.3) is 5.76 Å². The average molecular weight is 413 g/mol. The molecular weight excluding hydrogens is 409 g/mol. The van der Waals surface area contributed by atoms with Gasteiger partial charge in [-0.2, -0.15) is 26.3 Å². The van der Waals surface area contributed by atoms with E-state index in [1.165, 1.54) is 0 Å². The van der Waals surface area contributed by atoms with Crippen molar-refractivity contribution in [3.63, 3.8) is 0 Å². The van der Waals surface area contributed by atoms with E-state index in [1.54, 1.807) is 0 Å². The smallest absolute Gasteiger partial charge is 0.439 e. The Morgan fingerprint density at radius 3 is 1.63 bits per heavy atom. The van der Waals surface area contributed by atoms with E-state index in [-0.39, 0.29) is 0 Å². The van der Waals surface area contributed by atoms with Crippen LogP contribution in [0.3, 0.4) is 0 Å². The second-order valence-corrected chi connectivity index (χ2v) is 5.40. The Hall–Kier alpha value is -2.34. The first-order valence-corrected chi connectivity index (χ1v) is 6.69. The van der Waals surface area contributed by atoms with E-state index in [9.17, 15) is 58.2 Å². The van der Waals surface area contributed by atoms with Crippen LogP contribution in [0.15, 0.2) is 5.57 Å². The number of Topliss-reactive ketones (excluding diaryl/α,β-unsaturated/α-hetero) is 1. The second kappa shape index (κ2) is 6.09. The monoisotopic (exact) mass is 413 g/mol. The number of rotatable bonds is 2. The van der Waals surface area contributed by atoms with Crippen molar-refractivity contribution in [2.75, 3.05) is 0 Å². The van der Waals surface area contributed by atoms with Crippen LogP contribution in [0.4, 0.5) is 48.3 Å². The molecule has 13 heteroatoms. The van der Waals surface area contributed by atoms with Gasteiger partial charge in [-0.3, -0.25) is 4.79 Å². The molecule has 0 unspecified atom stereocenters. The predicted octanol–water partition coefficient (Wildman–Crippen LogP) is 3.66. The molecule has 2 rings (SSSR count). The molecule has 0 heterocycles. The predicted molar refractivity (Wildman–Crippen MR) is 62.5 cm³/mol. The Kier molecular flexibility index (Phi) is 4.73. The summed E-state index contributed by atoms with van der Waals surface area (Å²) in [6, 6.07) is 0. The third-order valence-electron chi connectivity index (χ3n) is 3.86. The summed E-state index contributed by atoms with van der Waals surface area (Å²) in [6.07, 6.45) is -16.2. The lowest BCUT2D eigenvalue weighted by Crippen LogP contribution is -2.59. The molecular formula is C14H4F11O2-. The first-order valence-electron chi connectivity index (χ1n) is 6.69. The molecule has 0 N–H and O–H groups in total. The number of hydrogen-bond donors (Lipinski definition) is 0. The Balaban J connectivity index is 2.77. The van der Waals surface area contributed by atoms with Gasteiger partial charge < -0.3 is 5.11 Å². The third kappa shape index (κ3) is 2.83. The number of hydrogen-bond acceptors (Lipinski definition) is 2. The van der Waals surface area contributed by atoms with Gasteiger partial charge in [0.25, 0.3) is 0 Å². The minimum absolute atomic E-state index is 1.14. The van der Waals surface area contributed by atoms with Gasteiger partial charge in [0.2, 0.25) is 5.78 Å². The highest BCUT2D eigenvalue weighted by Crippen LogP contribution is 2.49. The van der Waals surface area contributed by atoms with Gasteiger partial charge >= 0.3 is 18.0 Å². The fraction of sp³-hybridized carbons (Fsp3) is 0.357. The highest BCUT2D eigenvalue weighted by molar-refractivity contribution is 6.08. The van der Waals surface area contributed by atoms with Gasteiger partial charge in [0, 0.05) is 11.1 Å². The molecule has 0 spiro atoms. The summed E-state index contributed by atoms with van der Waals surface area (Å²) in [5.41, 5.74) is -11.5. The molecule has 0 amide bonds. The van der Waals surface area contributed by atoms with Crippen molar-refractivity contribution in [2.45, 2.75) is 30.9 Å². The summed E-state index contributed by atoms with van der Waals surface area (Å²) in [4.78, 5) is 11.6. The highest BCUT2D eigenvalue weighted by atomic mass is 19.4. The summed E-state index contributed by atoms with van der Waals surface area (Å²) in [5.74, 6) is -15.2. The molecule has 2 nitrogen and oxygen atoms in total. The van der Waals surface area contributed by atoms with Crippen molar-refractivity contribution >= 4 is 11.5 Å².